The van der Waals surface area contributed by atoms with Gasteiger partial charge in [-0.2, -0.15) is 5.10 Å². The maximum Gasteiger partial charge on any atom is 0.265 e. The number of amides is 1. The van der Waals surface area contributed by atoms with Gasteiger partial charge in [0.05, 0.1) is 25.7 Å². The van der Waals surface area contributed by atoms with Crippen molar-refractivity contribution in [3.63, 3.8) is 0 Å². The third-order valence-electron chi connectivity index (χ3n) is 3.13. The summed E-state index contributed by atoms with van der Waals surface area (Å²) in [6.45, 7) is 10.0. The molecule has 2 aromatic heterocycles. The van der Waals surface area contributed by atoms with Crippen molar-refractivity contribution < 1.29 is 4.79 Å². The minimum Gasteiger partial charge on any atom is -0.318 e. The zero-order valence-corrected chi connectivity index (χ0v) is 14.6. The maximum atomic E-state index is 12.3. The van der Waals surface area contributed by atoms with Gasteiger partial charge in [0, 0.05) is 6.04 Å². The summed E-state index contributed by atoms with van der Waals surface area (Å²) in [7, 11) is 0. The highest BCUT2D eigenvalue weighted by Gasteiger charge is 2.18. The molecule has 0 saturated heterocycles. The average molecular weight is 356 g/mol. The topological polar surface area (TPSA) is 46.9 Å². The lowest BCUT2D eigenvalue weighted by Crippen LogP contribution is -2.12. The normalized spacial score (nSPS) is 11.2. The fourth-order valence-electron chi connectivity index (χ4n) is 2.09. The number of carbonyl (C=O) groups is 1. The molecule has 0 saturated carbocycles. The zero-order valence-electron chi connectivity index (χ0n) is 12.2. The fourth-order valence-corrected chi connectivity index (χ4v) is 3.52. The molecule has 0 fully saturated rings. The molecule has 4 nitrogen and oxygen atoms in total. The number of aryl methyl sites for hydroxylation is 2. The molecular weight excluding hydrogens is 338 g/mol. The Morgan fingerprint density at radius 3 is 2.50 bits per heavy atom. The lowest BCUT2D eigenvalue weighted by molar-refractivity contribution is 0.103. The third-order valence-corrected chi connectivity index (χ3v) is 5.27. The first-order chi connectivity index (χ1) is 9.31. The van der Waals surface area contributed by atoms with Crippen LogP contribution in [0.4, 0.5) is 5.69 Å². The Kier molecular flexibility index (Phi) is 4.34. The second-order valence-electron chi connectivity index (χ2n) is 5.11. The minimum atomic E-state index is -0.0849. The van der Waals surface area contributed by atoms with Crippen molar-refractivity contribution in [2.45, 2.75) is 40.7 Å². The molecule has 0 aliphatic heterocycles. The molecule has 6 heteroatoms. The molecular formula is C14H18BrN3OS. The summed E-state index contributed by atoms with van der Waals surface area (Å²) in [5, 5.41) is 7.45. The van der Waals surface area contributed by atoms with Crippen molar-refractivity contribution in [1.82, 2.24) is 9.78 Å². The Hall–Kier alpha value is -1.14. The number of halogens is 1. The van der Waals surface area contributed by atoms with Crippen LogP contribution < -0.4 is 5.32 Å². The van der Waals surface area contributed by atoms with Gasteiger partial charge in [-0.15, -0.1) is 11.3 Å². The SMILES string of the molecule is Cc1cc(C(=O)Nc2c(C)nn(C(C)C)c2C)sc1Br. The van der Waals surface area contributed by atoms with Gasteiger partial charge in [0.25, 0.3) is 5.91 Å². The highest BCUT2D eigenvalue weighted by atomic mass is 79.9. The quantitative estimate of drug-likeness (QED) is 0.882. The van der Waals surface area contributed by atoms with Crippen molar-refractivity contribution >= 4 is 38.9 Å². The van der Waals surface area contributed by atoms with Crippen LogP contribution in [0, 0.1) is 20.8 Å². The summed E-state index contributed by atoms with van der Waals surface area (Å²) >= 11 is 4.89. The van der Waals surface area contributed by atoms with Gasteiger partial charge in [-0.25, -0.2) is 0 Å². The van der Waals surface area contributed by atoms with Crippen LogP contribution in [0.1, 0.15) is 46.5 Å². The van der Waals surface area contributed by atoms with Crippen LogP contribution in [-0.4, -0.2) is 15.7 Å². The summed E-state index contributed by atoms with van der Waals surface area (Å²) in [6.07, 6.45) is 0. The lowest BCUT2D eigenvalue weighted by atomic mass is 10.3. The molecule has 0 aliphatic rings. The average Bonchev–Trinajstić information content (AvgIpc) is 2.84. The van der Waals surface area contributed by atoms with E-state index in [-0.39, 0.29) is 11.9 Å². The lowest BCUT2D eigenvalue weighted by Gasteiger charge is -2.09. The van der Waals surface area contributed by atoms with Gasteiger partial charge in [0.15, 0.2) is 0 Å². The minimum absolute atomic E-state index is 0.0849. The molecule has 1 amide bonds. The van der Waals surface area contributed by atoms with Gasteiger partial charge in [0.1, 0.15) is 0 Å². The van der Waals surface area contributed by atoms with Gasteiger partial charge in [0.2, 0.25) is 0 Å². The van der Waals surface area contributed by atoms with Crippen LogP contribution in [0.5, 0.6) is 0 Å². The van der Waals surface area contributed by atoms with Crippen LogP contribution in [0.25, 0.3) is 0 Å². The number of aromatic nitrogens is 2. The smallest absolute Gasteiger partial charge is 0.265 e. The predicted octanol–water partition coefficient (Wildman–Crippen LogP) is 4.47. The van der Waals surface area contributed by atoms with Gasteiger partial charge in [-0.1, -0.05) is 0 Å². The highest BCUT2D eigenvalue weighted by molar-refractivity contribution is 9.11. The van der Waals surface area contributed by atoms with Crippen LogP contribution in [-0.2, 0) is 0 Å². The fraction of sp³-hybridized carbons (Fsp3) is 0.429. The van der Waals surface area contributed by atoms with Gasteiger partial charge >= 0.3 is 0 Å². The van der Waals surface area contributed by atoms with E-state index in [1.165, 1.54) is 11.3 Å². The summed E-state index contributed by atoms with van der Waals surface area (Å²) in [4.78, 5) is 13.0. The van der Waals surface area contributed by atoms with Crippen LogP contribution >= 0.6 is 27.3 Å². The number of hydrogen-bond donors (Lipinski definition) is 1. The third kappa shape index (κ3) is 2.81. The molecule has 2 aromatic rings. The number of carbonyl (C=O) groups excluding carboxylic acids is 1. The summed E-state index contributed by atoms with van der Waals surface area (Å²) in [5.41, 5.74) is 3.72. The second-order valence-corrected chi connectivity index (χ2v) is 7.48. The molecule has 0 atom stereocenters. The monoisotopic (exact) mass is 355 g/mol. The number of rotatable bonds is 3. The zero-order chi connectivity index (χ0) is 15.0. The molecule has 0 aromatic carbocycles. The standard InChI is InChI=1S/C14H18BrN3OS/c1-7(2)18-10(5)12(9(4)17-18)16-14(19)11-6-8(3)13(15)20-11/h6-7H,1-5H3,(H,16,19). The molecule has 0 aliphatic carbocycles. The molecule has 0 unspecified atom stereocenters. The Morgan fingerprint density at radius 1 is 1.40 bits per heavy atom. The molecule has 0 spiro atoms. The van der Waals surface area contributed by atoms with Crippen molar-refractivity contribution in [3.05, 3.63) is 31.7 Å². The van der Waals surface area contributed by atoms with E-state index in [0.29, 0.717) is 4.88 Å². The van der Waals surface area contributed by atoms with E-state index in [0.717, 1.165) is 26.4 Å². The van der Waals surface area contributed by atoms with E-state index in [1.807, 2.05) is 31.5 Å². The number of hydrogen-bond acceptors (Lipinski definition) is 3. The molecule has 0 radical (unpaired) electrons. The molecule has 1 N–H and O–H groups in total. The molecule has 20 heavy (non-hydrogen) atoms. The Labute approximate surface area is 131 Å². The predicted molar refractivity (Wildman–Crippen MR) is 86.8 cm³/mol. The van der Waals surface area contributed by atoms with E-state index in [2.05, 4.69) is 40.2 Å². The number of thiophene rings is 1. The van der Waals surface area contributed by atoms with E-state index in [4.69, 9.17) is 0 Å². The van der Waals surface area contributed by atoms with E-state index in [1.54, 1.807) is 0 Å². The van der Waals surface area contributed by atoms with E-state index < -0.39 is 0 Å². The van der Waals surface area contributed by atoms with Crippen LogP contribution in [0.3, 0.4) is 0 Å². The summed E-state index contributed by atoms with van der Waals surface area (Å²) in [6, 6.07) is 2.17. The Morgan fingerprint density at radius 2 is 2.05 bits per heavy atom. The largest absolute Gasteiger partial charge is 0.318 e. The van der Waals surface area contributed by atoms with Crippen LogP contribution in [0.2, 0.25) is 0 Å². The first-order valence-corrected chi connectivity index (χ1v) is 8.05. The molecule has 0 bridgehead atoms. The second kappa shape index (κ2) is 5.69. The molecule has 2 heterocycles. The van der Waals surface area contributed by atoms with Crippen LogP contribution in [0.15, 0.2) is 9.85 Å². The molecule has 108 valence electrons. The van der Waals surface area contributed by atoms with Crippen molar-refractivity contribution in [1.29, 1.82) is 0 Å². The summed E-state index contributed by atoms with van der Waals surface area (Å²) in [5.74, 6) is -0.0849. The van der Waals surface area contributed by atoms with E-state index in [9.17, 15) is 4.79 Å². The van der Waals surface area contributed by atoms with Crippen molar-refractivity contribution in [2.75, 3.05) is 5.32 Å². The van der Waals surface area contributed by atoms with E-state index >= 15 is 0 Å². The Bertz CT molecular complexity index is 638. The summed E-state index contributed by atoms with van der Waals surface area (Å²) < 4.78 is 2.93. The Balaban J connectivity index is 2.28. The van der Waals surface area contributed by atoms with Gasteiger partial charge < -0.3 is 5.32 Å². The number of anilines is 1. The molecule has 2 rings (SSSR count). The van der Waals surface area contributed by atoms with Crippen molar-refractivity contribution in [2.24, 2.45) is 0 Å². The number of nitrogens with zero attached hydrogens (tertiary/aromatic N) is 2. The van der Waals surface area contributed by atoms with Crippen molar-refractivity contribution in [3.8, 4) is 0 Å². The first kappa shape index (κ1) is 15.3. The van der Waals surface area contributed by atoms with Gasteiger partial charge in [-0.3, -0.25) is 9.48 Å². The highest BCUT2D eigenvalue weighted by Crippen LogP contribution is 2.29. The maximum absolute atomic E-state index is 12.3. The number of nitrogens with one attached hydrogen (secondary N) is 1. The van der Waals surface area contributed by atoms with Gasteiger partial charge in [-0.05, 0) is 62.2 Å². The first-order valence-electron chi connectivity index (χ1n) is 6.44.